The standard InChI is InChI=1S/C18H18O3S/c1-13-8-10-16(11-9-13)22(19,20)17-12-14(2)21-18(17)15-6-4-3-5-7-15/h3-12,14,18H,1-2H3. The van der Waals surface area contributed by atoms with Crippen molar-refractivity contribution in [3.05, 3.63) is 76.7 Å². The summed E-state index contributed by atoms with van der Waals surface area (Å²) in [5.74, 6) is 0. The van der Waals surface area contributed by atoms with Crippen LogP contribution in [0, 0.1) is 6.92 Å². The molecule has 0 bridgehead atoms. The Balaban J connectivity index is 2.04. The first kappa shape index (κ1) is 15.0. The second-order valence-corrected chi connectivity index (χ2v) is 7.47. The Kier molecular flexibility index (Phi) is 3.89. The molecule has 2 aromatic carbocycles. The van der Waals surface area contributed by atoms with Gasteiger partial charge in [-0.1, -0.05) is 48.0 Å². The fraction of sp³-hybridized carbons (Fsp3) is 0.222. The first-order chi connectivity index (χ1) is 10.5. The quantitative estimate of drug-likeness (QED) is 0.865. The van der Waals surface area contributed by atoms with Crippen LogP contribution in [0.2, 0.25) is 0 Å². The summed E-state index contributed by atoms with van der Waals surface area (Å²) in [6.45, 7) is 3.79. The molecule has 0 aromatic heterocycles. The Morgan fingerprint density at radius 1 is 0.955 bits per heavy atom. The van der Waals surface area contributed by atoms with Gasteiger partial charge in [0.15, 0.2) is 0 Å². The van der Waals surface area contributed by atoms with E-state index in [4.69, 9.17) is 4.74 Å². The zero-order valence-electron chi connectivity index (χ0n) is 12.6. The number of rotatable bonds is 3. The zero-order chi connectivity index (χ0) is 15.7. The van der Waals surface area contributed by atoms with Gasteiger partial charge in [-0.3, -0.25) is 0 Å². The zero-order valence-corrected chi connectivity index (χ0v) is 13.4. The maximum Gasteiger partial charge on any atom is 0.205 e. The van der Waals surface area contributed by atoms with Crippen LogP contribution in [-0.4, -0.2) is 14.5 Å². The second-order valence-electron chi connectivity index (χ2n) is 5.52. The molecule has 2 unspecified atom stereocenters. The van der Waals surface area contributed by atoms with Crippen molar-refractivity contribution in [1.82, 2.24) is 0 Å². The van der Waals surface area contributed by atoms with Gasteiger partial charge >= 0.3 is 0 Å². The van der Waals surface area contributed by atoms with Crippen LogP contribution in [0.3, 0.4) is 0 Å². The Morgan fingerprint density at radius 2 is 1.59 bits per heavy atom. The van der Waals surface area contributed by atoms with Crippen LogP contribution >= 0.6 is 0 Å². The van der Waals surface area contributed by atoms with Gasteiger partial charge in [0.2, 0.25) is 9.84 Å². The average Bonchev–Trinajstić information content (AvgIpc) is 2.91. The normalized spacial score (nSPS) is 21.6. The van der Waals surface area contributed by atoms with E-state index in [-0.39, 0.29) is 6.10 Å². The Morgan fingerprint density at radius 3 is 2.23 bits per heavy atom. The third kappa shape index (κ3) is 2.72. The van der Waals surface area contributed by atoms with Gasteiger partial charge in [-0.05, 0) is 37.6 Å². The molecule has 0 N–H and O–H groups in total. The van der Waals surface area contributed by atoms with E-state index in [0.717, 1.165) is 11.1 Å². The Labute approximate surface area is 131 Å². The summed E-state index contributed by atoms with van der Waals surface area (Å²) in [7, 11) is -3.55. The molecule has 0 saturated heterocycles. The molecule has 2 aromatic rings. The predicted molar refractivity (Wildman–Crippen MR) is 86.2 cm³/mol. The summed E-state index contributed by atoms with van der Waals surface area (Å²) in [5.41, 5.74) is 1.89. The highest BCUT2D eigenvalue weighted by Crippen LogP contribution is 2.39. The molecular formula is C18H18O3S. The third-order valence-corrected chi connectivity index (χ3v) is 5.62. The molecule has 3 rings (SSSR count). The molecule has 0 aliphatic carbocycles. The lowest BCUT2D eigenvalue weighted by molar-refractivity contribution is 0.0697. The lowest BCUT2D eigenvalue weighted by Gasteiger charge is -2.16. The Hall–Kier alpha value is -1.91. The molecule has 1 heterocycles. The van der Waals surface area contributed by atoms with Gasteiger partial charge in [0.1, 0.15) is 6.10 Å². The molecule has 0 amide bonds. The molecule has 0 saturated carbocycles. The van der Waals surface area contributed by atoms with E-state index in [1.807, 2.05) is 56.3 Å². The molecule has 4 heteroatoms. The monoisotopic (exact) mass is 314 g/mol. The first-order valence-corrected chi connectivity index (χ1v) is 8.70. The van der Waals surface area contributed by atoms with Crippen LogP contribution < -0.4 is 0 Å². The lowest BCUT2D eigenvalue weighted by Crippen LogP contribution is -2.11. The highest BCUT2D eigenvalue weighted by atomic mass is 32.2. The topological polar surface area (TPSA) is 43.4 Å². The van der Waals surface area contributed by atoms with Gasteiger partial charge in [0.05, 0.1) is 15.9 Å². The summed E-state index contributed by atoms with van der Waals surface area (Å²) < 4.78 is 31.7. The van der Waals surface area contributed by atoms with Gasteiger partial charge in [0, 0.05) is 0 Å². The van der Waals surface area contributed by atoms with Gasteiger partial charge < -0.3 is 4.74 Å². The number of ether oxygens (including phenoxy) is 1. The maximum atomic E-state index is 12.9. The van der Waals surface area contributed by atoms with Crippen LogP contribution in [0.4, 0.5) is 0 Å². The summed E-state index contributed by atoms with van der Waals surface area (Å²) in [6.07, 6.45) is 0.940. The minimum Gasteiger partial charge on any atom is -0.361 e. The van der Waals surface area contributed by atoms with Gasteiger partial charge in [0.25, 0.3) is 0 Å². The number of aryl methyl sites for hydroxylation is 1. The summed E-state index contributed by atoms with van der Waals surface area (Å²) >= 11 is 0. The summed E-state index contributed by atoms with van der Waals surface area (Å²) in [4.78, 5) is 0.637. The fourth-order valence-electron chi connectivity index (χ4n) is 2.59. The molecule has 3 nitrogen and oxygen atoms in total. The van der Waals surface area contributed by atoms with Crippen LogP contribution in [0.5, 0.6) is 0 Å². The van der Waals surface area contributed by atoms with E-state index >= 15 is 0 Å². The van der Waals surface area contributed by atoms with E-state index in [1.165, 1.54) is 0 Å². The van der Waals surface area contributed by atoms with Crippen LogP contribution in [-0.2, 0) is 14.6 Å². The van der Waals surface area contributed by atoms with Crippen molar-refractivity contribution >= 4 is 9.84 Å². The van der Waals surface area contributed by atoms with Crippen molar-refractivity contribution < 1.29 is 13.2 Å². The van der Waals surface area contributed by atoms with E-state index < -0.39 is 15.9 Å². The largest absolute Gasteiger partial charge is 0.361 e. The number of benzene rings is 2. The molecule has 2 atom stereocenters. The van der Waals surface area contributed by atoms with Crippen LogP contribution in [0.25, 0.3) is 0 Å². The molecular weight excluding hydrogens is 296 g/mol. The number of sulfone groups is 1. The molecule has 1 aliphatic heterocycles. The van der Waals surface area contributed by atoms with Gasteiger partial charge in [-0.15, -0.1) is 0 Å². The van der Waals surface area contributed by atoms with E-state index in [2.05, 4.69) is 0 Å². The van der Waals surface area contributed by atoms with E-state index in [9.17, 15) is 8.42 Å². The highest BCUT2D eigenvalue weighted by Gasteiger charge is 2.35. The minimum absolute atomic E-state index is 0.222. The van der Waals surface area contributed by atoms with E-state index in [1.54, 1.807) is 18.2 Å². The lowest BCUT2D eigenvalue weighted by atomic mass is 10.1. The van der Waals surface area contributed by atoms with Gasteiger partial charge in [-0.25, -0.2) is 8.42 Å². The van der Waals surface area contributed by atoms with Crippen molar-refractivity contribution in [2.24, 2.45) is 0 Å². The van der Waals surface area contributed by atoms with Gasteiger partial charge in [-0.2, -0.15) is 0 Å². The van der Waals surface area contributed by atoms with Crippen LogP contribution in [0.1, 0.15) is 24.2 Å². The molecule has 114 valence electrons. The predicted octanol–water partition coefficient (Wildman–Crippen LogP) is 3.81. The Bertz CT molecular complexity index is 790. The minimum atomic E-state index is -3.55. The highest BCUT2D eigenvalue weighted by molar-refractivity contribution is 7.95. The molecule has 22 heavy (non-hydrogen) atoms. The van der Waals surface area contributed by atoms with Crippen LogP contribution in [0.15, 0.2) is 70.5 Å². The van der Waals surface area contributed by atoms with Crippen molar-refractivity contribution in [2.75, 3.05) is 0 Å². The maximum absolute atomic E-state index is 12.9. The molecule has 1 aliphatic rings. The van der Waals surface area contributed by atoms with Crippen molar-refractivity contribution in [3.8, 4) is 0 Å². The van der Waals surface area contributed by atoms with Crippen molar-refractivity contribution in [1.29, 1.82) is 0 Å². The fourth-order valence-corrected chi connectivity index (χ4v) is 4.21. The van der Waals surface area contributed by atoms with Crippen molar-refractivity contribution in [2.45, 2.75) is 31.0 Å². The number of hydrogen-bond acceptors (Lipinski definition) is 3. The molecule has 0 fully saturated rings. The second kappa shape index (κ2) is 5.71. The first-order valence-electron chi connectivity index (χ1n) is 7.22. The average molecular weight is 314 g/mol. The molecule has 0 radical (unpaired) electrons. The van der Waals surface area contributed by atoms with E-state index in [0.29, 0.717) is 9.80 Å². The SMILES string of the molecule is Cc1ccc(S(=O)(=O)C2=CC(C)OC2c2ccccc2)cc1. The molecule has 0 spiro atoms. The number of hydrogen-bond donors (Lipinski definition) is 0. The van der Waals surface area contributed by atoms with Crippen molar-refractivity contribution in [3.63, 3.8) is 0 Å². The summed E-state index contributed by atoms with van der Waals surface area (Å²) in [6, 6.07) is 16.4. The summed E-state index contributed by atoms with van der Waals surface area (Å²) in [5, 5.41) is 0. The smallest absolute Gasteiger partial charge is 0.205 e. The third-order valence-electron chi connectivity index (χ3n) is 3.75.